The smallest absolute Gasteiger partial charge is 0.128 e. The summed E-state index contributed by atoms with van der Waals surface area (Å²) in [6.45, 7) is 5.67. The molecule has 0 atom stereocenters. The van der Waals surface area contributed by atoms with E-state index in [0.29, 0.717) is 11.3 Å². The van der Waals surface area contributed by atoms with Gasteiger partial charge in [-0.15, -0.1) is 0 Å². The molecule has 0 saturated carbocycles. The molecule has 0 unspecified atom stereocenters. The molecule has 3 rings (SSSR count). The lowest BCUT2D eigenvalue weighted by molar-refractivity contribution is 0.617. The first-order valence-electron chi connectivity index (χ1n) is 7.85. The maximum absolute atomic E-state index is 14.3. The van der Waals surface area contributed by atoms with Gasteiger partial charge in [0.2, 0.25) is 0 Å². The molecule has 0 aliphatic rings. The molecule has 3 aromatic rings. The third kappa shape index (κ3) is 3.16. The molecule has 0 aliphatic carbocycles. The second-order valence-corrected chi connectivity index (χ2v) is 6.02. The Morgan fingerprint density at radius 2 is 1.21 bits per heavy atom. The molecule has 0 radical (unpaired) electrons. The van der Waals surface area contributed by atoms with Gasteiger partial charge in [0.05, 0.1) is 0 Å². The minimum absolute atomic E-state index is 0.246. The van der Waals surface area contributed by atoms with Gasteiger partial charge in [-0.3, -0.25) is 0 Å². The Hall–Kier alpha value is -2.68. The number of nitrogens with zero attached hydrogens (tertiary/aromatic N) is 1. The Labute approximate surface area is 141 Å². The van der Waals surface area contributed by atoms with Crippen LogP contribution in [0.2, 0.25) is 0 Å². The normalized spacial score (nSPS) is 10.7. The third-order valence-electron chi connectivity index (χ3n) is 4.22. The van der Waals surface area contributed by atoms with Crippen molar-refractivity contribution >= 4 is 17.1 Å². The van der Waals surface area contributed by atoms with Gasteiger partial charge in [0.1, 0.15) is 11.6 Å². The van der Waals surface area contributed by atoms with Crippen LogP contribution in [0.4, 0.5) is 25.8 Å². The SMILES string of the molecule is Cc1ccc(N(c2ccc(F)cc2)c2cc(C)c(C)c(F)c2)cc1. The van der Waals surface area contributed by atoms with E-state index in [2.05, 4.69) is 0 Å². The molecule has 24 heavy (non-hydrogen) atoms. The van der Waals surface area contributed by atoms with E-state index in [9.17, 15) is 8.78 Å². The number of aryl methyl sites for hydroxylation is 2. The van der Waals surface area contributed by atoms with Gasteiger partial charge in [0, 0.05) is 17.1 Å². The van der Waals surface area contributed by atoms with E-state index in [1.54, 1.807) is 19.1 Å². The number of halogens is 2. The van der Waals surface area contributed by atoms with Crippen LogP contribution in [0.3, 0.4) is 0 Å². The minimum Gasteiger partial charge on any atom is -0.310 e. The highest BCUT2D eigenvalue weighted by Gasteiger charge is 2.15. The summed E-state index contributed by atoms with van der Waals surface area (Å²) in [6, 6.07) is 17.6. The van der Waals surface area contributed by atoms with Crippen LogP contribution in [0.15, 0.2) is 60.7 Å². The molecule has 3 aromatic carbocycles. The van der Waals surface area contributed by atoms with Gasteiger partial charge in [0.25, 0.3) is 0 Å². The molecule has 1 nitrogen and oxygen atoms in total. The molecule has 3 heteroatoms. The highest BCUT2D eigenvalue weighted by molar-refractivity contribution is 5.77. The van der Waals surface area contributed by atoms with Crippen LogP contribution >= 0.6 is 0 Å². The van der Waals surface area contributed by atoms with Crippen molar-refractivity contribution < 1.29 is 8.78 Å². The summed E-state index contributed by atoms with van der Waals surface area (Å²) in [6.07, 6.45) is 0. The highest BCUT2D eigenvalue weighted by Crippen LogP contribution is 2.36. The molecule has 0 heterocycles. The van der Waals surface area contributed by atoms with Crippen LogP contribution in [0.25, 0.3) is 0 Å². The van der Waals surface area contributed by atoms with Crippen molar-refractivity contribution in [2.24, 2.45) is 0 Å². The molecule has 0 fully saturated rings. The summed E-state index contributed by atoms with van der Waals surface area (Å²) in [5.41, 5.74) is 5.05. The first-order valence-corrected chi connectivity index (χ1v) is 7.85. The van der Waals surface area contributed by atoms with E-state index >= 15 is 0 Å². The van der Waals surface area contributed by atoms with E-state index in [1.165, 1.54) is 18.2 Å². The number of anilines is 3. The van der Waals surface area contributed by atoms with Gasteiger partial charge in [-0.1, -0.05) is 17.7 Å². The standard InChI is InChI=1S/C21H19F2N/c1-14-4-8-18(9-5-14)24(19-10-6-17(22)7-11-19)20-12-15(2)16(3)21(23)13-20/h4-13H,1-3H3. The molecule has 0 saturated heterocycles. The molecular weight excluding hydrogens is 304 g/mol. The van der Waals surface area contributed by atoms with E-state index in [4.69, 9.17) is 0 Å². The summed E-state index contributed by atoms with van der Waals surface area (Å²) in [4.78, 5) is 1.92. The lowest BCUT2D eigenvalue weighted by atomic mass is 10.1. The Morgan fingerprint density at radius 3 is 1.75 bits per heavy atom. The van der Waals surface area contributed by atoms with Crippen LogP contribution in [0.1, 0.15) is 16.7 Å². The topological polar surface area (TPSA) is 3.24 Å². The number of hydrogen-bond acceptors (Lipinski definition) is 1. The van der Waals surface area contributed by atoms with Gasteiger partial charge < -0.3 is 4.90 Å². The number of rotatable bonds is 3. The minimum atomic E-state index is -0.297. The Bertz CT molecular complexity index is 784. The maximum atomic E-state index is 14.3. The molecule has 0 amide bonds. The molecule has 122 valence electrons. The van der Waals surface area contributed by atoms with Crippen molar-refractivity contribution in [3.63, 3.8) is 0 Å². The van der Waals surface area contributed by atoms with Crippen molar-refractivity contribution in [1.82, 2.24) is 0 Å². The first kappa shape index (κ1) is 16.2. The Kier molecular flexibility index (Phi) is 4.34. The fourth-order valence-electron chi connectivity index (χ4n) is 2.66. The van der Waals surface area contributed by atoms with E-state index in [1.807, 2.05) is 49.1 Å². The lowest BCUT2D eigenvalue weighted by Crippen LogP contribution is -2.11. The van der Waals surface area contributed by atoms with Crippen molar-refractivity contribution in [1.29, 1.82) is 0 Å². The summed E-state index contributed by atoms with van der Waals surface area (Å²) < 4.78 is 27.6. The van der Waals surface area contributed by atoms with Crippen LogP contribution in [0.5, 0.6) is 0 Å². The Balaban J connectivity index is 2.18. The average Bonchev–Trinajstić information content (AvgIpc) is 2.56. The number of hydrogen-bond donors (Lipinski definition) is 0. The zero-order chi connectivity index (χ0) is 17.3. The zero-order valence-electron chi connectivity index (χ0n) is 14.0. The third-order valence-corrected chi connectivity index (χ3v) is 4.22. The summed E-state index contributed by atoms with van der Waals surface area (Å²) in [5, 5.41) is 0. The van der Waals surface area contributed by atoms with Gasteiger partial charge in [0.15, 0.2) is 0 Å². The maximum Gasteiger partial charge on any atom is 0.128 e. The summed E-state index contributed by atoms with van der Waals surface area (Å²) in [7, 11) is 0. The fourth-order valence-corrected chi connectivity index (χ4v) is 2.66. The molecule has 0 aromatic heterocycles. The van der Waals surface area contributed by atoms with Crippen molar-refractivity contribution in [2.45, 2.75) is 20.8 Å². The van der Waals surface area contributed by atoms with E-state index < -0.39 is 0 Å². The van der Waals surface area contributed by atoms with Crippen LogP contribution in [0, 0.1) is 32.4 Å². The first-order chi connectivity index (χ1) is 11.5. The number of benzene rings is 3. The van der Waals surface area contributed by atoms with E-state index in [0.717, 1.165) is 22.5 Å². The van der Waals surface area contributed by atoms with Crippen LogP contribution in [-0.2, 0) is 0 Å². The predicted octanol–water partition coefficient (Wildman–Crippen LogP) is 6.36. The average molecular weight is 323 g/mol. The summed E-state index contributed by atoms with van der Waals surface area (Å²) in [5.74, 6) is -0.543. The second-order valence-electron chi connectivity index (χ2n) is 6.02. The molecular formula is C21H19F2N. The molecule has 0 N–H and O–H groups in total. The quantitative estimate of drug-likeness (QED) is 0.542. The van der Waals surface area contributed by atoms with Gasteiger partial charge in [-0.05, 0) is 80.4 Å². The largest absolute Gasteiger partial charge is 0.310 e. The highest BCUT2D eigenvalue weighted by atomic mass is 19.1. The van der Waals surface area contributed by atoms with Crippen LogP contribution in [-0.4, -0.2) is 0 Å². The van der Waals surface area contributed by atoms with Gasteiger partial charge >= 0.3 is 0 Å². The van der Waals surface area contributed by atoms with Crippen molar-refractivity contribution in [3.05, 3.63) is 89.0 Å². The Morgan fingerprint density at radius 1 is 0.667 bits per heavy atom. The molecule has 0 aliphatic heterocycles. The fraction of sp³-hybridized carbons (Fsp3) is 0.143. The van der Waals surface area contributed by atoms with E-state index in [-0.39, 0.29) is 11.6 Å². The van der Waals surface area contributed by atoms with Crippen molar-refractivity contribution in [3.8, 4) is 0 Å². The predicted molar refractivity (Wildman–Crippen MR) is 95.3 cm³/mol. The van der Waals surface area contributed by atoms with Crippen molar-refractivity contribution in [2.75, 3.05) is 4.90 Å². The van der Waals surface area contributed by atoms with Gasteiger partial charge in [-0.2, -0.15) is 0 Å². The van der Waals surface area contributed by atoms with Gasteiger partial charge in [-0.25, -0.2) is 8.78 Å². The lowest BCUT2D eigenvalue weighted by Gasteiger charge is -2.26. The molecule has 0 spiro atoms. The molecule has 0 bridgehead atoms. The second kappa shape index (κ2) is 6.44. The van der Waals surface area contributed by atoms with Crippen LogP contribution < -0.4 is 4.90 Å². The zero-order valence-corrected chi connectivity index (χ0v) is 14.0. The monoisotopic (exact) mass is 323 g/mol. The summed E-state index contributed by atoms with van der Waals surface area (Å²) >= 11 is 0.